The van der Waals surface area contributed by atoms with Gasteiger partial charge in [0, 0.05) is 6.42 Å². The summed E-state index contributed by atoms with van der Waals surface area (Å²) in [4.78, 5) is 26.1. The molecule has 0 aromatic carbocycles. The van der Waals surface area contributed by atoms with Gasteiger partial charge >= 0.3 is 5.97 Å². The first-order valence-corrected chi connectivity index (χ1v) is 25.6. The topological polar surface area (TPSA) is 95.9 Å². The molecule has 0 aliphatic rings. The van der Waals surface area contributed by atoms with Crippen LogP contribution >= 0.6 is 0 Å². The van der Waals surface area contributed by atoms with Crippen molar-refractivity contribution in [2.75, 3.05) is 6.61 Å². The van der Waals surface area contributed by atoms with Crippen molar-refractivity contribution in [1.29, 1.82) is 0 Å². The summed E-state index contributed by atoms with van der Waals surface area (Å²) in [6.45, 7) is 6.21. The number of allylic oxidation sites excluding steroid dienone is 18. The van der Waals surface area contributed by atoms with Crippen molar-refractivity contribution < 1.29 is 24.5 Å². The van der Waals surface area contributed by atoms with E-state index in [1.807, 2.05) is 6.08 Å². The van der Waals surface area contributed by atoms with E-state index in [0.29, 0.717) is 19.3 Å². The zero-order valence-electron chi connectivity index (χ0n) is 40.7. The molecule has 0 heterocycles. The van der Waals surface area contributed by atoms with Gasteiger partial charge in [-0.05, 0) is 96.3 Å². The van der Waals surface area contributed by atoms with Crippen molar-refractivity contribution in [3.63, 3.8) is 0 Å². The molecule has 0 spiro atoms. The van der Waals surface area contributed by atoms with Crippen LogP contribution in [0.2, 0.25) is 0 Å². The summed E-state index contributed by atoms with van der Waals surface area (Å²) in [5.74, 6) is -0.623. The first-order valence-electron chi connectivity index (χ1n) is 25.6. The lowest BCUT2D eigenvalue weighted by Gasteiger charge is -2.24. The minimum atomic E-state index is -0.816. The van der Waals surface area contributed by atoms with Gasteiger partial charge in [0.2, 0.25) is 5.91 Å². The Morgan fingerprint density at radius 3 is 1.29 bits per heavy atom. The van der Waals surface area contributed by atoms with Crippen molar-refractivity contribution in [3.8, 4) is 0 Å². The molecule has 0 radical (unpaired) electrons. The highest BCUT2D eigenvalue weighted by Crippen LogP contribution is 2.16. The normalized spacial score (nSPS) is 14.2. The number of carbonyl (C=O) groups excluding carboxylic acids is 2. The zero-order valence-corrected chi connectivity index (χ0v) is 40.7. The van der Waals surface area contributed by atoms with Crippen LogP contribution in [0.25, 0.3) is 0 Å². The van der Waals surface area contributed by atoms with E-state index in [-0.39, 0.29) is 31.3 Å². The average Bonchev–Trinajstić information content (AvgIpc) is 3.28. The van der Waals surface area contributed by atoms with Crippen LogP contribution in [-0.2, 0) is 14.3 Å². The second kappa shape index (κ2) is 49.5. The lowest BCUT2D eigenvalue weighted by Crippen LogP contribution is -2.46. The van der Waals surface area contributed by atoms with Crippen molar-refractivity contribution in [2.24, 2.45) is 0 Å². The average molecular weight is 874 g/mol. The van der Waals surface area contributed by atoms with Crippen LogP contribution < -0.4 is 5.32 Å². The molecule has 0 saturated carbocycles. The summed E-state index contributed by atoms with van der Waals surface area (Å²) in [5.41, 5.74) is 0. The number of aliphatic hydroxyl groups is 2. The Balaban J connectivity index is 4.73. The Bertz CT molecular complexity index is 1300. The molecular weight excluding hydrogens is 779 g/mol. The molecule has 0 aliphatic carbocycles. The van der Waals surface area contributed by atoms with Crippen LogP contribution in [0.5, 0.6) is 0 Å². The van der Waals surface area contributed by atoms with E-state index < -0.39 is 18.2 Å². The summed E-state index contributed by atoms with van der Waals surface area (Å²) < 4.78 is 5.86. The first-order chi connectivity index (χ1) is 31.0. The number of aliphatic hydroxyl groups excluding tert-OH is 2. The molecule has 0 rings (SSSR count). The van der Waals surface area contributed by atoms with Gasteiger partial charge in [-0.1, -0.05) is 214 Å². The second-order valence-corrected chi connectivity index (χ2v) is 16.8. The van der Waals surface area contributed by atoms with Gasteiger partial charge in [0.25, 0.3) is 0 Å². The van der Waals surface area contributed by atoms with Crippen LogP contribution in [0.3, 0.4) is 0 Å². The molecule has 63 heavy (non-hydrogen) atoms. The number of amides is 1. The molecular formula is C57H95NO5. The number of unbranched alkanes of at least 4 members (excludes halogenated alkanes) is 14. The Morgan fingerprint density at radius 1 is 0.476 bits per heavy atom. The number of hydrogen-bond acceptors (Lipinski definition) is 5. The molecule has 0 aliphatic heterocycles. The van der Waals surface area contributed by atoms with E-state index in [0.717, 1.165) is 96.3 Å². The Kier molecular flexibility index (Phi) is 46.8. The van der Waals surface area contributed by atoms with Crippen molar-refractivity contribution in [2.45, 2.75) is 232 Å². The minimum absolute atomic E-state index is 0.0146. The van der Waals surface area contributed by atoms with E-state index in [2.05, 4.69) is 129 Å². The monoisotopic (exact) mass is 874 g/mol. The molecule has 0 bridgehead atoms. The Morgan fingerprint density at radius 2 is 0.857 bits per heavy atom. The third kappa shape index (κ3) is 44.9. The fourth-order valence-electron chi connectivity index (χ4n) is 7.06. The Hall–Kier alpha value is -3.48. The van der Waals surface area contributed by atoms with Gasteiger partial charge in [-0.15, -0.1) is 0 Å². The highest BCUT2D eigenvalue weighted by Gasteiger charge is 2.24. The lowest BCUT2D eigenvalue weighted by atomic mass is 10.0. The molecule has 0 fully saturated rings. The zero-order chi connectivity index (χ0) is 45.9. The molecule has 0 aromatic heterocycles. The van der Waals surface area contributed by atoms with Gasteiger partial charge in [0.05, 0.1) is 25.2 Å². The second-order valence-electron chi connectivity index (χ2n) is 16.8. The summed E-state index contributed by atoms with van der Waals surface area (Å²) >= 11 is 0. The molecule has 6 nitrogen and oxygen atoms in total. The summed E-state index contributed by atoms with van der Waals surface area (Å²) in [6, 6.07) is -0.735. The van der Waals surface area contributed by atoms with Gasteiger partial charge in [-0.3, -0.25) is 9.59 Å². The molecule has 3 N–H and O–H groups in total. The number of rotatable bonds is 44. The maximum Gasteiger partial charge on any atom is 0.306 e. The molecule has 3 atom stereocenters. The van der Waals surface area contributed by atoms with Crippen molar-refractivity contribution >= 4 is 11.9 Å². The van der Waals surface area contributed by atoms with Crippen LogP contribution in [0.15, 0.2) is 109 Å². The Labute approximate surface area is 388 Å². The summed E-state index contributed by atoms with van der Waals surface area (Å²) in [7, 11) is 0. The number of carbonyl (C=O) groups is 2. The molecule has 0 saturated heterocycles. The first kappa shape index (κ1) is 59.5. The molecule has 3 unspecified atom stereocenters. The minimum Gasteiger partial charge on any atom is -0.462 e. The summed E-state index contributed by atoms with van der Waals surface area (Å²) in [5, 5.41) is 23.7. The predicted molar refractivity (Wildman–Crippen MR) is 273 cm³/mol. The molecule has 6 heteroatoms. The number of nitrogens with one attached hydrogen (secondary N) is 1. The summed E-state index contributed by atoms with van der Waals surface area (Å²) in [6.07, 6.45) is 67.3. The van der Waals surface area contributed by atoms with Gasteiger partial charge in [-0.25, -0.2) is 0 Å². The van der Waals surface area contributed by atoms with Crippen LogP contribution in [-0.4, -0.2) is 46.9 Å². The fraction of sp³-hybridized carbons (Fsp3) is 0.649. The predicted octanol–water partition coefficient (Wildman–Crippen LogP) is 15.5. The largest absolute Gasteiger partial charge is 0.462 e. The van der Waals surface area contributed by atoms with E-state index in [1.54, 1.807) is 0 Å². The van der Waals surface area contributed by atoms with E-state index in [9.17, 15) is 19.8 Å². The van der Waals surface area contributed by atoms with Crippen LogP contribution in [0.1, 0.15) is 213 Å². The van der Waals surface area contributed by atoms with Gasteiger partial charge in [0.15, 0.2) is 0 Å². The third-order valence-electron chi connectivity index (χ3n) is 10.9. The van der Waals surface area contributed by atoms with Gasteiger partial charge < -0.3 is 20.3 Å². The highest BCUT2D eigenvalue weighted by atomic mass is 16.5. The van der Waals surface area contributed by atoms with Gasteiger partial charge in [0.1, 0.15) is 6.10 Å². The van der Waals surface area contributed by atoms with Gasteiger partial charge in [-0.2, -0.15) is 0 Å². The molecule has 358 valence electrons. The maximum atomic E-state index is 13.2. The number of ether oxygens (including phenoxy) is 1. The highest BCUT2D eigenvalue weighted by molar-refractivity contribution is 5.77. The van der Waals surface area contributed by atoms with E-state index in [1.165, 1.54) is 64.2 Å². The van der Waals surface area contributed by atoms with Crippen molar-refractivity contribution in [1.82, 2.24) is 5.32 Å². The fourth-order valence-corrected chi connectivity index (χ4v) is 7.06. The smallest absolute Gasteiger partial charge is 0.306 e. The number of hydrogen-bond donors (Lipinski definition) is 3. The van der Waals surface area contributed by atoms with Crippen molar-refractivity contribution in [3.05, 3.63) is 109 Å². The van der Waals surface area contributed by atoms with Crippen LogP contribution in [0.4, 0.5) is 0 Å². The molecule has 0 aromatic rings. The quantitative estimate of drug-likeness (QED) is 0.0322. The SMILES string of the molecule is CC/C=C\C/C=C\C/C=C\C/C=C\C/C=C\C/C=C\CCC(=O)OC(CCCC/C=C/C/C=C/C/C=C/CC)CC(=O)NC(CO)C(O)CCCCCCCCCCCCCCC. The third-order valence-corrected chi connectivity index (χ3v) is 10.9. The molecule has 1 amide bonds. The van der Waals surface area contributed by atoms with E-state index in [4.69, 9.17) is 4.74 Å². The van der Waals surface area contributed by atoms with Crippen LogP contribution in [0, 0.1) is 0 Å². The lowest BCUT2D eigenvalue weighted by molar-refractivity contribution is -0.150. The maximum absolute atomic E-state index is 13.2. The standard InChI is InChI=1S/C57H95NO5/c1-4-7-10-13-16-19-22-25-26-27-28-29-30-32-35-38-41-44-47-50-57(62)63-53(48-45-42-39-36-33-24-21-18-15-12-9-6-3)51-56(61)58-54(52-59)55(60)49-46-43-40-37-34-31-23-20-17-14-11-8-5-2/h7,9-10,12,16,18-19,21,25-26,28-29,32-33,35-36,41,44,53-55,59-60H,4-6,8,11,13-15,17,20,22-24,27,30-31,34,37-40,42-43,45-52H2,1-3H3,(H,58,61)/b10-7-,12-9+,19-16-,21-18+,26-25-,29-28-,35-32-,36-33+,44-41-. The van der Waals surface area contributed by atoms with E-state index >= 15 is 0 Å². The number of esters is 1.